The summed E-state index contributed by atoms with van der Waals surface area (Å²) in [5.74, 6) is -1.13. The Bertz CT molecular complexity index is 731. The molecule has 2 aromatic rings. The fraction of sp³-hybridized carbons (Fsp3) is 0.389. The van der Waals surface area contributed by atoms with Crippen LogP contribution in [0.4, 0.5) is 0 Å². The molecule has 1 saturated carbocycles. The Balaban J connectivity index is 1.79. The summed E-state index contributed by atoms with van der Waals surface area (Å²) < 4.78 is 0. The van der Waals surface area contributed by atoms with E-state index in [0.29, 0.717) is 18.5 Å². The van der Waals surface area contributed by atoms with Crippen LogP contribution in [0, 0.1) is 5.41 Å². The average molecular weight is 312 g/mol. The Morgan fingerprint density at radius 1 is 1.13 bits per heavy atom. The summed E-state index contributed by atoms with van der Waals surface area (Å²) in [4.78, 5) is 28.3. The lowest BCUT2D eigenvalue weighted by Gasteiger charge is -2.33. The molecule has 1 aliphatic carbocycles. The molecule has 3 rings (SSSR count). The third-order valence-corrected chi connectivity index (χ3v) is 4.74. The fourth-order valence-electron chi connectivity index (χ4n) is 3.33. The van der Waals surface area contributed by atoms with Gasteiger partial charge in [-0.3, -0.25) is 14.6 Å². The van der Waals surface area contributed by atoms with Gasteiger partial charge in [-0.15, -0.1) is 0 Å². The van der Waals surface area contributed by atoms with Crippen LogP contribution in [-0.4, -0.2) is 28.5 Å². The summed E-state index contributed by atoms with van der Waals surface area (Å²) in [6, 6.07) is 9.40. The van der Waals surface area contributed by atoms with Crippen molar-refractivity contribution < 1.29 is 14.7 Å². The first-order valence-electron chi connectivity index (χ1n) is 7.98. The normalized spacial score (nSPS) is 16.9. The van der Waals surface area contributed by atoms with Gasteiger partial charge in [0.25, 0.3) is 5.91 Å². The predicted octanol–water partition coefficient (Wildman–Crippen LogP) is 3.00. The second-order valence-corrected chi connectivity index (χ2v) is 6.21. The van der Waals surface area contributed by atoms with Gasteiger partial charge in [0.05, 0.1) is 5.41 Å². The largest absolute Gasteiger partial charge is 0.481 e. The summed E-state index contributed by atoms with van der Waals surface area (Å²) in [5.41, 5.74) is -0.488. The van der Waals surface area contributed by atoms with E-state index in [9.17, 15) is 14.7 Å². The molecule has 2 N–H and O–H groups in total. The smallest absolute Gasteiger partial charge is 0.311 e. The third kappa shape index (κ3) is 3.04. The molecule has 1 aromatic carbocycles. The van der Waals surface area contributed by atoms with Crippen molar-refractivity contribution in [1.29, 1.82) is 0 Å². The minimum atomic E-state index is -0.835. The zero-order valence-electron chi connectivity index (χ0n) is 12.9. The van der Waals surface area contributed by atoms with Crippen LogP contribution in [0.1, 0.15) is 42.6 Å². The highest BCUT2D eigenvalue weighted by molar-refractivity contribution is 6.05. The molecule has 1 fully saturated rings. The van der Waals surface area contributed by atoms with Gasteiger partial charge < -0.3 is 10.4 Å². The van der Waals surface area contributed by atoms with Crippen LogP contribution in [0.5, 0.6) is 0 Å². The maximum atomic E-state index is 12.5. The highest BCUT2D eigenvalue weighted by atomic mass is 16.4. The quantitative estimate of drug-likeness (QED) is 0.909. The van der Waals surface area contributed by atoms with E-state index in [4.69, 9.17) is 0 Å². The third-order valence-electron chi connectivity index (χ3n) is 4.74. The Labute approximate surface area is 134 Å². The van der Waals surface area contributed by atoms with Crippen LogP contribution in [0.25, 0.3) is 10.8 Å². The standard InChI is InChI=1S/C18H20N2O3/c21-16(15-14-7-3-2-6-13(14)8-11-19-15)20-12-18(17(22)23)9-4-1-5-10-18/h2-3,6-8,11H,1,4-5,9-10,12H2,(H,20,21)(H,22,23). The predicted molar refractivity (Wildman–Crippen MR) is 87.2 cm³/mol. The number of carbonyl (C=O) groups excluding carboxylic acids is 1. The first kappa shape index (κ1) is 15.5. The molecule has 5 heteroatoms. The molecule has 0 atom stereocenters. The summed E-state index contributed by atoms with van der Waals surface area (Å²) >= 11 is 0. The van der Waals surface area contributed by atoms with Gasteiger partial charge in [-0.05, 0) is 24.3 Å². The van der Waals surface area contributed by atoms with E-state index in [0.717, 1.165) is 30.0 Å². The lowest BCUT2D eigenvalue weighted by Crippen LogP contribution is -2.44. The van der Waals surface area contributed by atoms with Gasteiger partial charge >= 0.3 is 5.97 Å². The number of aliphatic carboxylic acids is 1. The van der Waals surface area contributed by atoms with E-state index < -0.39 is 11.4 Å². The number of carboxylic acids is 1. The topological polar surface area (TPSA) is 79.3 Å². The summed E-state index contributed by atoms with van der Waals surface area (Å²) in [6.07, 6.45) is 5.69. The maximum absolute atomic E-state index is 12.5. The zero-order chi connectivity index (χ0) is 16.3. The lowest BCUT2D eigenvalue weighted by molar-refractivity contribution is -0.150. The van der Waals surface area contributed by atoms with Crippen LogP contribution in [0.2, 0.25) is 0 Å². The van der Waals surface area contributed by atoms with E-state index in [1.54, 1.807) is 6.20 Å². The number of nitrogens with one attached hydrogen (secondary N) is 1. The van der Waals surface area contributed by atoms with E-state index in [1.165, 1.54) is 0 Å². The van der Waals surface area contributed by atoms with Gasteiger partial charge in [-0.1, -0.05) is 43.5 Å². The second-order valence-electron chi connectivity index (χ2n) is 6.21. The minimum absolute atomic E-state index is 0.159. The van der Waals surface area contributed by atoms with Gasteiger partial charge in [0.2, 0.25) is 0 Å². The molecule has 1 aliphatic rings. The Morgan fingerprint density at radius 3 is 2.61 bits per heavy atom. The van der Waals surface area contributed by atoms with E-state index in [1.807, 2.05) is 30.3 Å². The lowest BCUT2D eigenvalue weighted by atomic mass is 9.74. The van der Waals surface area contributed by atoms with Gasteiger partial charge in [-0.2, -0.15) is 0 Å². The number of amides is 1. The number of carbonyl (C=O) groups is 2. The highest BCUT2D eigenvalue weighted by Crippen LogP contribution is 2.36. The molecule has 1 amide bonds. The number of carboxylic acid groups (broad SMARTS) is 1. The first-order chi connectivity index (χ1) is 11.1. The molecule has 0 spiro atoms. The Kier molecular flexibility index (Phi) is 4.28. The van der Waals surface area contributed by atoms with Crippen LogP contribution in [-0.2, 0) is 4.79 Å². The summed E-state index contributed by atoms with van der Waals surface area (Å²) in [5, 5.41) is 14.1. The number of pyridine rings is 1. The number of hydrogen-bond donors (Lipinski definition) is 2. The van der Waals surface area contributed by atoms with Gasteiger partial charge in [0.15, 0.2) is 0 Å². The molecule has 1 aromatic heterocycles. The second kappa shape index (κ2) is 6.36. The Morgan fingerprint density at radius 2 is 1.87 bits per heavy atom. The Hall–Kier alpha value is -2.43. The van der Waals surface area contributed by atoms with E-state index in [-0.39, 0.29) is 12.5 Å². The van der Waals surface area contributed by atoms with Crippen LogP contribution >= 0.6 is 0 Å². The molecule has 1 heterocycles. The average Bonchev–Trinajstić information content (AvgIpc) is 2.60. The molecular weight excluding hydrogens is 292 g/mol. The van der Waals surface area contributed by atoms with Gasteiger partial charge in [0, 0.05) is 18.1 Å². The molecular formula is C18H20N2O3. The maximum Gasteiger partial charge on any atom is 0.311 e. The first-order valence-corrected chi connectivity index (χ1v) is 7.98. The van der Waals surface area contributed by atoms with Crippen molar-refractivity contribution in [3.05, 3.63) is 42.2 Å². The van der Waals surface area contributed by atoms with Crippen molar-refractivity contribution in [2.45, 2.75) is 32.1 Å². The van der Waals surface area contributed by atoms with Gasteiger partial charge in [0.1, 0.15) is 5.69 Å². The fourth-order valence-corrected chi connectivity index (χ4v) is 3.33. The molecule has 5 nitrogen and oxygen atoms in total. The molecule has 0 aliphatic heterocycles. The molecule has 0 unspecified atom stereocenters. The molecule has 120 valence electrons. The van der Waals surface area contributed by atoms with Crippen molar-refractivity contribution in [3.63, 3.8) is 0 Å². The number of aromatic nitrogens is 1. The van der Waals surface area contributed by atoms with Crippen molar-refractivity contribution in [1.82, 2.24) is 10.3 Å². The molecule has 23 heavy (non-hydrogen) atoms. The molecule has 0 radical (unpaired) electrons. The zero-order valence-corrected chi connectivity index (χ0v) is 12.9. The monoisotopic (exact) mass is 312 g/mol. The van der Waals surface area contributed by atoms with Crippen molar-refractivity contribution in [3.8, 4) is 0 Å². The number of hydrogen-bond acceptors (Lipinski definition) is 3. The number of nitrogens with zero attached hydrogens (tertiary/aromatic N) is 1. The van der Waals surface area contributed by atoms with Crippen molar-refractivity contribution in [2.75, 3.05) is 6.54 Å². The summed E-state index contributed by atoms with van der Waals surface area (Å²) in [7, 11) is 0. The highest BCUT2D eigenvalue weighted by Gasteiger charge is 2.39. The SMILES string of the molecule is O=C(NCC1(C(=O)O)CCCCC1)c1nccc2ccccc12. The van der Waals surface area contributed by atoms with E-state index in [2.05, 4.69) is 10.3 Å². The van der Waals surface area contributed by atoms with E-state index >= 15 is 0 Å². The van der Waals surface area contributed by atoms with Crippen molar-refractivity contribution in [2.24, 2.45) is 5.41 Å². The van der Waals surface area contributed by atoms with Crippen LogP contribution in [0.3, 0.4) is 0 Å². The molecule has 0 bridgehead atoms. The minimum Gasteiger partial charge on any atom is -0.481 e. The van der Waals surface area contributed by atoms with Crippen LogP contribution < -0.4 is 5.32 Å². The van der Waals surface area contributed by atoms with Gasteiger partial charge in [-0.25, -0.2) is 0 Å². The molecule has 0 saturated heterocycles. The number of fused-ring (bicyclic) bond motifs is 1. The van der Waals surface area contributed by atoms with Crippen molar-refractivity contribution >= 4 is 22.6 Å². The number of rotatable bonds is 4. The van der Waals surface area contributed by atoms with Crippen LogP contribution in [0.15, 0.2) is 36.5 Å². The number of benzene rings is 1. The summed E-state index contributed by atoms with van der Waals surface area (Å²) in [6.45, 7) is 0.159.